The van der Waals surface area contributed by atoms with E-state index >= 15 is 0 Å². The van der Waals surface area contributed by atoms with Crippen molar-refractivity contribution in [3.8, 4) is 0 Å². The molecule has 1 aromatic rings. The molecular formula is C6H7NOS. The van der Waals surface area contributed by atoms with Crippen molar-refractivity contribution in [1.82, 2.24) is 4.98 Å². The number of aromatic nitrogens is 1. The third kappa shape index (κ3) is 1.36. The van der Waals surface area contributed by atoms with Crippen molar-refractivity contribution in [3.63, 3.8) is 0 Å². The van der Waals surface area contributed by atoms with Crippen molar-refractivity contribution in [2.45, 2.75) is 13.3 Å². The van der Waals surface area contributed by atoms with Crippen molar-refractivity contribution < 1.29 is 4.79 Å². The van der Waals surface area contributed by atoms with E-state index in [0.29, 0.717) is 12.1 Å². The molecular weight excluding hydrogens is 134 g/mol. The van der Waals surface area contributed by atoms with Gasteiger partial charge in [0.25, 0.3) is 0 Å². The summed E-state index contributed by atoms with van der Waals surface area (Å²) in [6.45, 7) is 1.84. The number of nitrogens with zero attached hydrogens (tertiary/aromatic N) is 1. The number of Topliss-reactive ketones (excluding diaryl/α,β-unsaturated/α-hetero) is 1. The topological polar surface area (TPSA) is 30.0 Å². The van der Waals surface area contributed by atoms with Crippen LogP contribution in [0, 0.1) is 0 Å². The molecule has 0 aliphatic rings. The predicted octanol–water partition coefficient (Wildman–Crippen LogP) is 1.74. The maximum Gasteiger partial charge on any atom is 0.181 e. The average Bonchev–Trinajstić information content (AvgIpc) is 2.37. The number of hydrogen-bond donors (Lipinski definition) is 0. The Morgan fingerprint density at radius 3 is 3.11 bits per heavy atom. The zero-order valence-corrected chi connectivity index (χ0v) is 5.94. The number of thiazole rings is 1. The quantitative estimate of drug-likeness (QED) is 0.587. The Bertz CT molecular complexity index is 193. The highest BCUT2D eigenvalue weighted by atomic mass is 32.1. The van der Waals surface area contributed by atoms with Gasteiger partial charge in [-0.3, -0.25) is 4.79 Å². The lowest BCUT2D eigenvalue weighted by atomic mass is 10.2. The third-order valence-electron chi connectivity index (χ3n) is 1.04. The lowest BCUT2D eigenvalue weighted by molar-refractivity contribution is 0.0984. The molecule has 48 valence electrons. The minimum atomic E-state index is 0.122. The molecule has 0 spiro atoms. The van der Waals surface area contributed by atoms with Gasteiger partial charge in [-0.25, -0.2) is 4.98 Å². The number of hydrogen-bond acceptors (Lipinski definition) is 3. The molecule has 0 N–H and O–H groups in total. The molecule has 0 saturated carbocycles. The van der Waals surface area contributed by atoms with Crippen molar-refractivity contribution >= 4 is 17.1 Å². The summed E-state index contributed by atoms with van der Waals surface area (Å²) in [5, 5.41) is 1.77. The largest absolute Gasteiger partial charge is 0.292 e. The lowest BCUT2D eigenvalue weighted by Gasteiger charge is -1.85. The van der Waals surface area contributed by atoms with Crippen LogP contribution < -0.4 is 0 Å². The predicted molar refractivity (Wildman–Crippen MR) is 36.7 cm³/mol. The van der Waals surface area contributed by atoms with Crippen molar-refractivity contribution in [3.05, 3.63) is 16.6 Å². The fraction of sp³-hybridized carbons (Fsp3) is 0.333. The smallest absolute Gasteiger partial charge is 0.181 e. The molecule has 1 rings (SSSR count). The molecule has 0 atom stereocenters. The molecule has 9 heavy (non-hydrogen) atoms. The Hall–Kier alpha value is -0.700. The van der Waals surface area contributed by atoms with Crippen LogP contribution in [0.5, 0.6) is 0 Å². The maximum absolute atomic E-state index is 10.8. The van der Waals surface area contributed by atoms with E-state index in [9.17, 15) is 4.79 Å². The summed E-state index contributed by atoms with van der Waals surface area (Å²) in [6, 6.07) is 0. The lowest BCUT2D eigenvalue weighted by Crippen LogP contribution is -1.94. The van der Waals surface area contributed by atoms with Gasteiger partial charge in [-0.05, 0) is 0 Å². The Morgan fingerprint density at radius 2 is 2.67 bits per heavy atom. The van der Waals surface area contributed by atoms with Gasteiger partial charge in [-0.15, -0.1) is 11.3 Å². The zero-order chi connectivity index (χ0) is 6.69. The first-order valence-corrected chi connectivity index (χ1v) is 3.70. The first-order valence-electron chi connectivity index (χ1n) is 2.76. The van der Waals surface area contributed by atoms with Gasteiger partial charge in [0.15, 0.2) is 5.78 Å². The van der Waals surface area contributed by atoms with Crippen molar-refractivity contribution in [2.75, 3.05) is 0 Å². The second-order valence-corrected chi connectivity index (χ2v) is 2.37. The van der Waals surface area contributed by atoms with Gasteiger partial charge in [0.1, 0.15) is 5.69 Å². The molecule has 3 heteroatoms. The highest BCUT2D eigenvalue weighted by Gasteiger charge is 2.02. The zero-order valence-electron chi connectivity index (χ0n) is 5.13. The van der Waals surface area contributed by atoms with Gasteiger partial charge in [0.2, 0.25) is 0 Å². The number of carbonyl (C=O) groups excluding carboxylic acids is 1. The molecule has 0 unspecified atom stereocenters. The van der Waals surface area contributed by atoms with E-state index in [2.05, 4.69) is 4.98 Å². The van der Waals surface area contributed by atoms with Crippen LogP contribution >= 0.6 is 11.3 Å². The fourth-order valence-electron chi connectivity index (χ4n) is 0.531. The molecule has 1 heterocycles. The number of ketones is 1. The van der Waals surface area contributed by atoms with Crippen LogP contribution in [0.2, 0.25) is 0 Å². The average molecular weight is 141 g/mol. The van der Waals surface area contributed by atoms with Crippen molar-refractivity contribution in [2.24, 2.45) is 0 Å². The number of carbonyl (C=O) groups is 1. The molecule has 1 aromatic heterocycles. The van der Waals surface area contributed by atoms with Crippen LogP contribution in [0.3, 0.4) is 0 Å². The highest BCUT2D eigenvalue weighted by Crippen LogP contribution is 2.02. The molecule has 0 bridgehead atoms. The molecule has 0 aromatic carbocycles. The van der Waals surface area contributed by atoms with Crippen LogP contribution in [0.4, 0.5) is 0 Å². The van der Waals surface area contributed by atoms with Crippen LogP contribution in [0.15, 0.2) is 10.9 Å². The molecule has 0 aliphatic heterocycles. The molecule has 0 aliphatic carbocycles. The van der Waals surface area contributed by atoms with Crippen LogP contribution in [0.25, 0.3) is 0 Å². The summed E-state index contributed by atoms with van der Waals surface area (Å²) in [6.07, 6.45) is 0.545. The van der Waals surface area contributed by atoms with E-state index in [-0.39, 0.29) is 5.78 Å². The third-order valence-corrected chi connectivity index (χ3v) is 1.63. The molecule has 0 amide bonds. The summed E-state index contributed by atoms with van der Waals surface area (Å²) in [5.41, 5.74) is 2.27. The van der Waals surface area contributed by atoms with E-state index in [1.54, 1.807) is 10.9 Å². The molecule has 0 saturated heterocycles. The Morgan fingerprint density at radius 1 is 1.89 bits per heavy atom. The summed E-state index contributed by atoms with van der Waals surface area (Å²) < 4.78 is 0. The van der Waals surface area contributed by atoms with E-state index in [1.807, 2.05) is 6.92 Å². The highest BCUT2D eigenvalue weighted by molar-refractivity contribution is 7.07. The van der Waals surface area contributed by atoms with Crippen molar-refractivity contribution in [1.29, 1.82) is 0 Å². The number of rotatable bonds is 2. The van der Waals surface area contributed by atoms with Gasteiger partial charge in [-0.2, -0.15) is 0 Å². The first kappa shape index (κ1) is 6.42. The first-order chi connectivity index (χ1) is 4.34. The van der Waals surface area contributed by atoms with E-state index in [1.165, 1.54) is 11.3 Å². The van der Waals surface area contributed by atoms with Crippen LogP contribution in [-0.2, 0) is 0 Å². The second-order valence-electron chi connectivity index (χ2n) is 1.65. The minimum absolute atomic E-state index is 0.122. The maximum atomic E-state index is 10.8. The van der Waals surface area contributed by atoms with Gasteiger partial charge in [-0.1, -0.05) is 6.92 Å². The standard InChI is InChI=1S/C6H7NOS/c1-2-6(8)5-3-9-4-7-5/h3-4H,2H2,1H3. The van der Waals surface area contributed by atoms with Gasteiger partial charge < -0.3 is 0 Å². The Balaban J connectivity index is 2.77. The monoisotopic (exact) mass is 141 g/mol. The van der Waals surface area contributed by atoms with E-state index in [0.717, 1.165) is 0 Å². The molecule has 2 nitrogen and oxygen atoms in total. The van der Waals surface area contributed by atoms with Crippen LogP contribution in [0.1, 0.15) is 23.8 Å². The SMILES string of the molecule is CCC(=O)c1cscn1. The van der Waals surface area contributed by atoms with Gasteiger partial charge in [0, 0.05) is 11.8 Å². The van der Waals surface area contributed by atoms with Crippen LogP contribution in [-0.4, -0.2) is 10.8 Å². The molecule has 0 radical (unpaired) electrons. The van der Waals surface area contributed by atoms with E-state index < -0.39 is 0 Å². The normalized spacial score (nSPS) is 9.44. The fourth-order valence-corrected chi connectivity index (χ4v) is 1.09. The summed E-state index contributed by atoms with van der Waals surface area (Å²) >= 11 is 1.45. The Kier molecular flexibility index (Phi) is 1.95. The Labute approximate surface area is 57.5 Å². The van der Waals surface area contributed by atoms with E-state index in [4.69, 9.17) is 0 Å². The minimum Gasteiger partial charge on any atom is -0.292 e. The summed E-state index contributed by atoms with van der Waals surface area (Å²) in [5.74, 6) is 0.122. The van der Waals surface area contributed by atoms with Gasteiger partial charge in [0.05, 0.1) is 5.51 Å². The second kappa shape index (κ2) is 2.73. The summed E-state index contributed by atoms with van der Waals surface area (Å²) in [7, 11) is 0. The molecule has 0 fully saturated rings. The van der Waals surface area contributed by atoms with Gasteiger partial charge >= 0.3 is 0 Å². The summed E-state index contributed by atoms with van der Waals surface area (Å²) in [4.78, 5) is 14.7.